The van der Waals surface area contributed by atoms with Gasteiger partial charge in [-0.2, -0.15) is 0 Å². The predicted molar refractivity (Wildman–Crippen MR) is 115 cm³/mol. The van der Waals surface area contributed by atoms with Crippen molar-refractivity contribution in [3.8, 4) is 11.4 Å². The number of anilines is 2. The normalized spacial score (nSPS) is 10.3. The maximum Gasteiger partial charge on any atom is 0.162 e. The summed E-state index contributed by atoms with van der Waals surface area (Å²) < 4.78 is 1.19. The van der Waals surface area contributed by atoms with Crippen molar-refractivity contribution in [2.24, 2.45) is 0 Å². The van der Waals surface area contributed by atoms with E-state index in [1.807, 2.05) is 54.6 Å². The van der Waals surface area contributed by atoms with Crippen LogP contribution in [0.15, 0.2) is 78.9 Å². The average molecular weight is 460 g/mol. The molecule has 4 aromatic rings. The maximum atomic E-state index is 4.77. The molecule has 5 heteroatoms. The van der Waals surface area contributed by atoms with Gasteiger partial charge in [0.1, 0.15) is 5.82 Å². The zero-order valence-corrected chi connectivity index (χ0v) is 16.2. The van der Waals surface area contributed by atoms with E-state index in [0.717, 1.165) is 33.8 Å². The van der Waals surface area contributed by atoms with E-state index >= 15 is 0 Å². The van der Waals surface area contributed by atoms with Gasteiger partial charge in [0.15, 0.2) is 5.82 Å². The van der Waals surface area contributed by atoms with Crippen LogP contribution in [-0.2, 0) is 0 Å². The van der Waals surface area contributed by atoms with Crippen molar-refractivity contribution >= 4 is 57.4 Å². The highest BCUT2D eigenvalue weighted by Crippen LogP contribution is 2.27. The van der Waals surface area contributed by atoms with E-state index in [4.69, 9.17) is 9.97 Å². The van der Waals surface area contributed by atoms with Gasteiger partial charge in [-0.3, -0.25) is 0 Å². The van der Waals surface area contributed by atoms with Crippen LogP contribution >= 0.6 is 35.0 Å². The summed E-state index contributed by atoms with van der Waals surface area (Å²) >= 11 is 2.30. The molecule has 25 heavy (non-hydrogen) atoms. The largest absolute Gasteiger partial charge is 0.340 e. The first-order valence-electron chi connectivity index (χ1n) is 7.64. The van der Waals surface area contributed by atoms with Crippen molar-refractivity contribution in [1.29, 1.82) is 0 Å². The van der Waals surface area contributed by atoms with Crippen LogP contribution in [0.1, 0.15) is 0 Å². The molecule has 0 saturated heterocycles. The van der Waals surface area contributed by atoms with E-state index in [1.54, 1.807) is 0 Å². The number of nitrogens with zero attached hydrogens (tertiary/aromatic N) is 2. The standard InChI is InChI=1S/C20H14IN3.ClH/c21-15-12-10-14(11-13-15)19-23-18-9-5-4-8-17(18)20(24-19)22-16-6-2-1-3-7-16;/h1-13H,(H,22,23,24);1H. The van der Waals surface area contributed by atoms with Crippen molar-refractivity contribution in [1.82, 2.24) is 9.97 Å². The SMILES string of the molecule is Cl.Ic1ccc(-c2nc(Nc3ccccc3)c3ccccc3n2)cc1. The van der Waals surface area contributed by atoms with Crippen LogP contribution in [0.5, 0.6) is 0 Å². The third-order valence-corrected chi connectivity index (χ3v) is 4.46. The molecule has 0 unspecified atom stereocenters. The van der Waals surface area contributed by atoms with Crippen LogP contribution in [0.2, 0.25) is 0 Å². The summed E-state index contributed by atoms with van der Waals surface area (Å²) in [5.41, 5.74) is 2.95. The molecule has 0 amide bonds. The lowest BCUT2D eigenvalue weighted by Gasteiger charge is -2.11. The monoisotopic (exact) mass is 459 g/mol. The van der Waals surface area contributed by atoms with E-state index in [2.05, 4.69) is 52.2 Å². The molecule has 1 aromatic heterocycles. The fourth-order valence-electron chi connectivity index (χ4n) is 2.56. The number of rotatable bonds is 3. The van der Waals surface area contributed by atoms with Gasteiger partial charge in [-0.15, -0.1) is 12.4 Å². The molecule has 3 aromatic carbocycles. The summed E-state index contributed by atoms with van der Waals surface area (Å²) in [7, 11) is 0. The summed E-state index contributed by atoms with van der Waals surface area (Å²) in [5.74, 6) is 1.55. The van der Waals surface area contributed by atoms with Crippen LogP contribution in [0.3, 0.4) is 0 Å². The highest BCUT2D eigenvalue weighted by Gasteiger charge is 2.09. The van der Waals surface area contributed by atoms with Gasteiger partial charge >= 0.3 is 0 Å². The van der Waals surface area contributed by atoms with Gasteiger partial charge in [0.2, 0.25) is 0 Å². The minimum atomic E-state index is 0. The van der Waals surface area contributed by atoms with Gasteiger partial charge in [0.25, 0.3) is 0 Å². The fourth-order valence-corrected chi connectivity index (χ4v) is 2.92. The first-order chi connectivity index (χ1) is 11.8. The zero-order valence-electron chi connectivity index (χ0n) is 13.2. The number of aromatic nitrogens is 2. The number of nitrogens with one attached hydrogen (secondary N) is 1. The summed E-state index contributed by atoms with van der Waals surface area (Å²) in [4.78, 5) is 9.50. The van der Waals surface area contributed by atoms with Gasteiger partial charge in [0, 0.05) is 20.2 Å². The van der Waals surface area contributed by atoms with E-state index in [1.165, 1.54) is 3.57 Å². The fraction of sp³-hybridized carbons (Fsp3) is 0. The quantitative estimate of drug-likeness (QED) is 0.378. The topological polar surface area (TPSA) is 37.8 Å². The molecule has 4 rings (SSSR count). The lowest BCUT2D eigenvalue weighted by Crippen LogP contribution is -1.99. The Kier molecular flexibility index (Phi) is 5.50. The first-order valence-corrected chi connectivity index (χ1v) is 8.72. The average Bonchev–Trinajstić information content (AvgIpc) is 2.63. The molecule has 0 aliphatic heterocycles. The van der Waals surface area contributed by atoms with Crippen LogP contribution in [0.4, 0.5) is 11.5 Å². The molecule has 124 valence electrons. The Morgan fingerprint density at radius 1 is 0.720 bits per heavy atom. The molecule has 0 atom stereocenters. The molecule has 0 spiro atoms. The number of hydrogen-bond donors (Lipinski definition) is 1. The summed E-state index contributed by atoms with van der Waals surface area (Å²) in [6.07, 6.45) is 0. The van der Waals surface area contributed by atoms with Gasteiger partial charge in [0.05, 0.1) is 5.52 Å². The molecule has 0 radical (unpaired) electrons. The molecule has 3 nitrogen and oxygen atoms in total. The van der Waals surface area contributed by atoms with Crippen LogP contribution in [-0.4, -0.2) is 9.97 Å². The third kappa shape index (κ3) is 3.91. The van der Waals surface area contributed by atoms with Crippen LogP contribution in [0, 0.1) is 3.57 Å². The molecule has 0 aliphatic rings. The van der Waals surface area contributed by atoms with Crippen molar-refractivity contribution in [3.63, 3.8) is 0 Å². The molecule has 1 heterocycles. The molecular weight excluding hydrogens is 445 g/mol. The zero-order chi connectivity index (χ0) is 16.4. The predicted octanol–water partition coefficient (Wildman–Crippen LogP) is 6.07. The van der Waals surface area contributed by atoms with E-state index in [-0.39, 0.29) is 12.4 Å². The Hall–Kier alpha value is -2.18. The summed E-state index contributed by atoms with van der Waals surface area (Å²) in [6, 6.07) is 26.4. The lowest BCUT2D eigenvalue weighted by atomic mass is 10.2. The smallest absolute Gasteiger partial charge is 0.162 e. The van der Waals surface area contributed by atoms with Gasteiger partial charge in [-0.1, -0.05) is 42.5 Å². The lowest BCUT2D eigenvalue weighted by molar-refractivity contribution is 1.22. The Morgan fingerprint density at radius 3 is 2.16 bits per heavy atom. The van der Waals surface area contributed by atoms with Gasteiger partial charge in [-0.25, -0.2) is 9.97 Å². The first kappa shape index (κ1) is 17.6. The van der Waals surface area contributed by atoms with Gasteiger partial charge in [-0.05, 0) is 59.0 Å². The van der Waals surface area contributed by atoms with Crippen molar-refractivity contribution in [3.05, 3.63) is 82.4 Å². The van der Waals surface area contributed by atoms with Crippen molar-refractivity contribution in [2.45, 2.75) is 0 Å². The Bertz CT molecular complexity index is 989. The number of para-hydroxylation sites is 2. The summed E-state index contributed by atoms with van der Waals surface area (Å²) in [6.45, 7) is 0. The Labute approximate surface area is 166 Å². The second-order valence-electron chi connectivity index (χ2n) is 5.41. The number of halogens is 2. The second-order valence-corrected chi connectivity index (χ2v) is 6.66. The van der Waals surface area contributed by atoms with Crippen LogP contribution < -0.4 is 5.32 Å². The van der Waals surface area contributed by atoms with E-state index < -0.39 is 0 Å². The molecule has 0 fully saturated rings. The minimum absolute atomic E-state index is 0. The molecule has 0 aliphatic carbocycles. The number of hydrogen-bond acceptors (Lipinski definition) is 3. The van der Waals surface area contributed by atoms with Gasteiger partial charge < -0.3 is 5.32 Å². The third-order valence-electron chi connectivity index (χ3n) is 3.74. The molecule has 1 N–H and O–H groups in total. The molecule has 0 saturated carbocycles. The molecular formula is C20H15ClIN3. The van der Waals surface area contributed by atoms with Crippen molar-refractivity contribution < 1.29 is 0 Å². The minimum Gasteiger partial charge on any atom is -0.340 e. The number of benzene rings is 3. The van der Waals surface area contributed by atoms with E-state index in [9.17, 15) is 0 Å². The van der Waals surface area contributed by atoms with E-state index in [0.29, 0.717) is 0 Å². The highest BCUT2D eigenvalue weighted by atomic mass is 127. The second kappa shape index (κ2) is 7.80. The Balaban J connectivity index is 0.00000182. The van der Waals surface area contributed by atoms with Crippen LogP contribution in [0.25, 0.3) is 22.3 Å². The van der Waals surface area contributed by atoms with Crippen molar-refractivity contribution in [2.75, 3.05) is 5.32 Å². The summed E-state index contributed by atoms with van der Waals surface area (Å²) in [5, 5.41) is 4.43. The highest BCUT2D eigenvalue weighted by molar-refractivity contribution is 14.1. The maximum absolute atomic E-state index is 4.77. The Morgan fingerprint density at radius 2 is 1.40 bits per heavy atom. The molecule has 0 bridgehead atoms. The number of fused-ring (bicyclic) bond motifs is 1.